The van der Waals surface area contributed by atoms with E-state index in [4.69, 9.17) is 0 Å². The number of amides is 2. The van der Waals surface area contributed by atoms with Crippen LogP contribution < -0.4 is 0 Å². The molecule has 0 radical (unpaired) electrons. The molecule has 1 aromatic rings. The molecule has 0 aromatic carbocycles. The number of carbonyl (C=O) groups excluding carboxylic acids is 2. The highest BCUT2D eigenvalue weighted by molar-refractivity contribution is 5.85. The Labute approximate surface area is 164 Å². The number of aryl methyl sites for hydroxylation is 1. The molecule has 1 aromatic heterocycles. The van der Waals surface area contributed by atoms with Crippen LogP contribution in [0.15, 0.2) is 18.3 Å². The average molecular weight is 376 g/mol. The molecule has 0 atom stereocenters. The van der Waals surface area contributed by atoms with E-state index in [0.717, 1.165) is 37.8 Å². The number of carbonyl (C=O) groups is 2. The third kappa shape index (κ3) is 6.40. The Morgan fingerprint density at radius 2 is 1.89 bits per heavy atom. The standard InChI is InChI=1S/C22H37N3O2/c1-5-10-21(26)25(19-11-7-6-8-12-19)17-22(27)24(15-18(2)3)16-20-13-9-14-23(20)4/h9,13-14,18-19H,5-8,10-12,15-17H2,1-4H3. The number of nitrogens with zero attached hydrogens (tertiary/aromatic N) is 3. The van der Waals surface area contributed by atoms with Crippen LogP contribution in [0.4, 0.5) is 0 Å². The third-order valence-corrected chi connectivity index (χ3v) is 5.45. The van der Waals surface area contributed by atoms with E-state index in [1.54, 1.807) is 0 Å². The Morgan fingerprint density at radius 1 is 1.19 bits per heavy atom. The van der Waals surface area contributed by atoms with Gasteiger partial charge in [0, 0.05) is 37.9 Å². The lowest BCUT2D eigenvalue weighted by atomic mass is 9.93. The minimum absolute atomic E-state index is 0.0694. The van der Waals surface area contributed by atoms with Crippen LogP contribution in [-0.4, -0.2) is 45.3 Å². The second-order valence-electron chi connectivity index (χ2n) is 8.34. The zero-order chi connectivity index (χ0) is 19.8. The Kier molecular flexibility index (Phi) is 8.39. The summed E-state index contributed by atoms with van der Waals surface area (Å²) in [5, 5.41) is 0. The van der Waals surface area contributed by atoms with Crippen molar-refractivity contribution >= 4 is 11.8 Å². The smallest absolute Gasteiger partial charge is 0.242 e. The second-order valence-corrected chi connectivity index (χ2v) is 8.34. The van der Waals surface area contributed by atoms with Crippen LogP contribution in [0, 0.1) is 5.92 Å². The maximum absolute atomic E-state index is 13.2. The van der Waals surface area contributed by atoms with Crippen molar-refractivity contribution in [2.45, 2.75) is 78.3 Å². The molecule has 152 valence electrons. The Hall–Kier alpha value is -1.78. The third-order valence-electron chi connectivity index (χ3n) is 5.45. The molecule has 1 saturated carbocycles. The lowest BCUT2D eigenvalue weighted by molar-refractivity contribution is -0.143. The first kappa shape index (κ1) is 21.5. The largest absolute Gasteiger partial charge is 0.353 e. The highest BCUT2D eigenvalue weighted by atomic mass is 16.2. The number of hydrogen-bond acceptors (Lipinski definition) is 2. The van der Waals surface area contributed by atoms with E-state index in [1.807, 2.05) is 36.0 Å². The molecule has 5 nitrogen and oxygen atoms in total. The van der Waals surface area contributed by atoms with Gasteiger partial charge in [-0.25, -0.2) is 0 Å². The summed E-state index contributed by atoms with van der Waals surface area (Å²) in [7, 11) is 2.01. The molecule has 0 aliphatic heterocycles. The van der Waals surface area contributed by atoms with E-state index in [2.05, 4.69) is 24.5 Å². The van der Waals surface area contributed by atoms with Crippen LogP contribution in [-0.2, 0) is 23.2 Å². The maximum Gasteiger partial charge on any atom is 0.242 e. The Balaban J connectivity index is 2.12. The van der Waals surface area contributed by atoms with E-state index in [9.17, 15) is 9.59 Å². The predicted molar refractivity (Wildman–Crippen MR) is 109 cm³/mol. The van der Waals surface area contributed by atoms with Gasteiger partial charge in [0.25, 0.3) is 0 Å². The van der Waals surface area contributed by atoms with Crippen molar-refractivity contribution in [3.63, 3.8) is 0 Å². The number of hydrogen-bond donors (Lipinski definition) is 0. The molecule has 0 spiro atoms. The molecule has 5 heteroatoms. The molecule has 1 heterocycles. The summed E-state index contributed by atoms with van der Waals surface area (Å²) in [5.41, 5.74) is 1.12. The minimum Gasteiger partial charge on any atom is -0.353 e. The lowest BCUT2D eigenvalue weighted by Gasteiger charge is -2.36. The molecule has 1 aliphatic carbocycles. The van der Waals surface area contributed by atoms with Crippen LogP contribution in [0.2, 0.25) is 0 Å². The molecular weight excluding hydrogens is 338 g/mol. The Bertz CT molecular complexity index is 602. The molecule has 0 bridgehead atoms. The number of aromatic nitrogens is 1. The number of rotatable bonds is 9. The summed E-state index contributed by atoms with van der Waals surface area (Å²) in [6.45, 7) is 7.82. The van der Waals surface area contributed by atoms with Crippen molar-refractivity contribution in [2.75, 3.05) is 13.1 Å². The van der Waals surface area contributed by atoms with Crippen molar-refractivity contribution < 1.29 is 9.59 Å². The van der Waals surface area contributed by atoms with Gasteiger partial charge >= 0.3 is 0 Å². The fourth-order valence-corrected chi connectivity index (χ4v) is 3.97. The maximum atomic E-state index is 13.2. The van der Waals surface area contributed by atoms with E-state index >= 15 is 0 Å². The zero-order valence-electron chi connectivity index (χ0n) is 17.6. The SMILES string of the molecule is CCCC(=O)N(CC(=O)N(Cc1cccn1C)CC(C)C)C1CCCCC1. The van der Waals surface area contributed by atoms with E-state index in [-0.39, 0.29) is 24.4 Å². The highest BCUT2D eigenvalue weighted by Gasteiger charge is 2.28. The summed E-state index contributed by atoms with van der Waals surface area (Å²) < 4.78 is 2.06. The molecule has 0 N–H and O–H groups in total. The van der Waals surface area contributed by atoms with Crippen molar-refractivity contribution in [3.8, 4) is 0 Å². The van der Waals surface area contributed by atoms with Gasteiger partial charge in [0.15, 0.2) is 0 Å². The van der Waals surface area contributed by atoms with Gasteiger partial charge in [-0.15, -0.1) is 0 Å². The van der Waals surface area contributed by atoms with Crippen molar-refractivity contribution in [1.29, 1.82) is 0 Å². The molecule has 2 rings (SSSR count). The van der Waals surface area contributed by atoms with Crippen LogP contribution in [0.3, 0.4) is 0 Å². The normalized spacial score (nSPS) is 15.1. The first-order chi connectivity index (χ1) is 12.9. The quantitative estimate of drug-likeness (QED) is 0.655. The van der Waals surface area contributed by atoms with Gasteiger partial charge in [0.2, 0.25) is 11.8 Å². The first-order valence-corrected chi connectivity index (χ1v) is 10.6. The van der Waals surface area contributed by atoms with Crippen LogP contribution in [0.25, 0.3) is 0 Å². The molecular formula is C22H37N3O2. The molecule has 2 amide bonds. The summed E-state index contributed by atoms with van der Waals surface area (Å²) in [5.74, 6) is 0.602. The van der Waals surface area contributed by atoms with Crippen molar-refractivity contribution in [2.24, 2.45) is 13.0 Å². The minimum atomic E-state index is 0.0694. The van der Waals surface area contributed by atoms with E-state index < -0.39 is 0 Å². The molecule has 1 aliphatic rings. The average Bonchev–Trinajstić information content (AvgIpc) is 3.04. The van der Waals surface area contributed by atoms with Crippen LogP contribution >= 0.6 is 0 Å². The van der Waals surface area contributed by atoms with Gasteiger partial charge in [0.1, 0.15) is 6.54 Å². The van der Waals surface area contributed by atoms with Crippen LogP contribution in [0.1, 0.15) is 71.4 Å². The zero-order valence-corrected chi connectivity index (χ0v) is 17.6. The molecule has 0 saturated heterocycles. The van der Waals surface area contributed by atoms with Gasteiger partial charge in [-0.2, -0.15) is 0 Å². The van der Waals surface area contributed by atoms with Gasteiger partial charge in [0.05, 0.1) is 6.54 Å². The predicted octanol–water partition coefficient (Wildman–Crippen LogP) is 3.97. The van der Waals surface area contributed by atoms with Gasteiger partial charge < -0.3 is 14.4 Å². The highest BCUT2D eigenvalue weighted by Crippen LogP contribution is 2.24. The first-order valence-electron chi connectivity index (χ1n) is 10.6. The summed E-state index contributed by atoms with van der Waals surface area (Å²) >= 11 is 0. The fraction of sp³-hybridized carbons (Fsp3) is 0.727. The molecule has 0 unspecified atom stereocenters. The second kappa shape index (κ2) is 10.5. The molecule has 1 fully saturated rings. The molecule has 27 heavy (non-hydrogen) atoms. The summed E-state index contributed by atoms with van der Waals surface area (Å²) in [4.78, 5) is 29.8. The Morgan fingerprint density at radius 3 is 2.44 bits per heavy atom. The van der Waals surface area contributed by atoms with E-state index in [0.29, 0.717) is 25.4 Å². The monoisotopic (exact) mass is 375 g/mol. The summed E-state index contributed by atoms with van der Waals surface area (Å²) in [6.07, 6.45) is 9.00. The van der Waals surface area contributed by atoms with Gasteiger partial charge in [-0.1, -0.05) is 40.0 Å². The van der Waals surface area contributed by atoms with Gasteiger partial charge in [-0.05, 0) is 37.3 Å². The van der Waals surface area contributed by atoms with E-state index in [1.165, 1.54) is 6.42 Å². The lowest BCUT2D eigenvalue weighted by Crippen LogP contribution is -2.48. The fourth-order valence-electron chi connectivity index (χ4n) is 3.97. The van der Waals surface area contributed by atoms with Crippen molar-refractivity contribution in [1.82, 2.24) is 14.4 Å². The summed E-state index contributed by atoms with van der Waals surface area (Å²) in [6, 6.07) is 4.30. The van der Waals surface area contributed by atoms with Gasteiger partial charge in [-0.3, -0.25) is 9.59 Å². The van der Waals surface area contributed by atoms with Crippen molar-refractivity contribution in [3.05, 3.63) is 24.0 Å². The van der Waals surface area contributed by atoms with Crippen LogP contribution in [0.5, 0.6) is 0 Å². The topological polar surface area (TPSA) is 45.6 Å².